The molecule has 0 aliphatic carbocycles. The van der Waals surface area contributed by atoms with Gasteiger partial charge in [0.1, 0.15) is 0 Å². The van der Waals surface area contributed by atoms with E-state index in [1.807, 2.05) is 12.1 Å². The summed E-state index contributed by atoms with van der Waals surface area (Å²) in [6.45, 7) is 7.32. The largest absolute Gasteiger partial charge is 0.374 e. The Morgan fingerprint density at radius 1 is 1.30 bits per heavy atom. The summed E-state index contributed by atoms with van der Waals surface area (Å²) in [4.78, 5) is 2.22. The molecule has 0 radical (unpaired) electrons. The second-order valence-electron chi connectivity index (χ2n) is 5.38. The van der Waals surface area contributed by atoms with Crippen molar-refractivity contribution >= 4 is 23.0 Å². The molecular weight excluding hydrogens is 270 g/mol. The number of rotatable bonds is 4. The molecule has 4 heteroatoms. The van der Waals surface area contributed by atoms with Gasteiger partial charge >= 0.3 is 0 Å². The molecule has 0 spiro atoms. The Morgan fingerprint density at radius 3 is 2.65 bits per heavy atom. The van der Waals surface area contributed by atoms with Crippen LogP contribution in [0.1, 0.15) is 38.7 Å². The summed E-state index contributed by atoms with van der Waals surface area (Å²) in [5, 5.41) is 7.74. The predicted octanol–water partition coefficient (Wildman–Crippen LogP) is 4.01. The number of halogens is 1. The number of piperidine rings is 1. The molecule has 2 rings (SSSR count). The Balaban J connectivity index is 2.29. The average Bonchev–Trinajstić information content (AvgIpc) is 2.47. The van der Waals surface area contributed by atoms with E-state index in [4.69, 9.17) is 16.7 Å². The van der Waals surface area contributed by atoms with Crippen molar-refractivity contribution in [3.63, 3.8) is 0 Å². The van der Waals surface area contributed by atoms with Gasteiger partial charge in [0.25, 0.3) is 0 Å². The summed E-state index contributed by atoms with van der Waals surface area (Å²) in [6.07, 6.45) is 3.81. The third-order valence-corrected chi connectivity index (χ3v) is 4.09. The summed E-state index contributed by atoms with van der Waals surface area (Å²) in [5.41, 5.74) is 3.37. The maximum absolute atomic E-state index is 6.16. The Labute approximate surface area is 127 Å². The molecule has 1 aromatic rings. The smallest absolute Gasteiger partial charge is 0.0668 e. The summed E-state index contributed by atoms with van der Waals surface area (Å²) in [5.74, 6) is 0. The lowest BCUT2D eigenvalue weighted by Gasteiger charge is -2.26. The standard InChI is InChI=1S/C16H24ClN3/c1-4-19(3)16-9-8-14(17)12-15(16)13(2)18-20-10-6-5-7-11-20/h8-9,12H,4-7,10-11H2,1-3H3/b18-13-. The third-order valence-electron chi connectivity index (χ3n) is 3.86. The first-order chi connectivity index (χ1) is 9.61. The normalized spacial score (nSPS) is 16.4. The Morgan fingerprint density at radius 2 is 2.00 bits per heavy atom. The highest BCUT2D eigenvalue weighted by Crippen LogP contribution is 2.25. The number of anilines is 1. The minimum absolute atomic E-state index is 0.765. The van der Waals surface area contributed by atoms with Gasteiger partial charge in [-0.25, -0.2) is 0 Å². The van der Waals surface area contributed by atoms with Crippen molar-refractivity contribution in [2.24, 2.45) is 5.10 Å². The maximum atomic E-state index is 6.16. The highest BCUT2D eigenvalue weighted by Gasteiger charge is 2.12. The molecule has 0 saturated carbocycles. The van der Waals surface area contributed by atoms with Crippen molar-refractivity contribution < 1.29 is 0 Å². The fourth-order valence-electron chi connectivity index (χ4n) is 2.54. The van der Waals surface area contributed by atoms with E-state index >= 15 is 0 Å². The first kappa shape index (κ1) is 15.2. The molecule has 110 valence electrons. The van der Waals surface area contributed by atoms with Crippen molar-refractivity contribution in [2.75, 3.05) is 31.6 Å². The van der Waals surface area contributed by atoms with E-state index in [0.717, 1.165) is 35.9 Å². The Hall–Kier alpha value is -1.22. The van der Waals surface area contributed by atoms with Crippen LogP contribution in [-0.2, 0) is 0 Å². The molecule has 1 aliphatic heterocycles. The zero-order chi connectivity index (χ0) is 14.5. The lowest BCUT2D eigenvalue weighted by atomic mass is 10.1. The topological polar surface area (TPSA) is 18.8 Å². The van der Waals surface area contributed by atoms with Crippen LogP contribution in [0.25, 0.3) is 0 Å². The van der Waals surface area contributed by atoms with Gasteiger partial charge in [0.2, 0.25) is 0 Å². The molecule has 0 N–H and O–H groups in total. The van der Waals surface area contributed by atoms with Crippen LogP contribution in [0, 0.1) is 0 Å². The molecule has 1 aliphatic rings. The molecule has 0 aromatic heterocycles. The van der Waals surface area contributed by atoms with Crippen LogP contribution < -0.4 is 4.90 Å². The highest BCUT2D eigenvalue weighted by atomic mass is 35.5. The fourth-order valence-corrected chi connectivity index (χ4v) is 2.72. The van der Waals surface area contributed by atoms with E-state index in [0.29, 0.717) is 0 Å². The van der Waals surface area contributed by atoms with Gasteiger partial charge in [-0.05, 0) is 51.3 Å². The molecule has 1 heterocycles. The first-order valence-electron chi connectivity index (χ1n) is 7.43. The quantitative estimate of drug-likeness (QED) is 0.781. The van der Waals surface area contributed by atoms with Crippen LogP contribution >= 0.6 is 11.6 Å². The van der Waals surface area contributed by atoms with Gasteiger partial charge in [0, 0.05) is 43.0 Å². The van der Waals surface area contributed by atoms with E-state index in [-0.39, 0.29) is 0 Å². The molecule has 20 heavy (non-hydrogen) atoms. The molecular formula is C16H24ClN3. The van der Waals surface area contributed by atoms with Crippen LogP contribution in [0.15, 0.2) is 23.3 Å². The van der Waals surface area contributed by atoms with Crippen LogP contribution in [0.2, 0.25) is 5.02 Å². The summed E-state index contributed by atoms with van der Waals surface area (Å²) in [6, 6.07) is 6.04. The lowest BCUT2D eigenvalue weighted by Crippen LogP contribution is -2.26. The minimum Gasteiger partial charge on any atom is -0.374 e. The van der Waals surface area contributed by atoms with E-state index in [1.54, 1.807) is 0 Å². The van der Waals surface area contributed by atoms with Crippen LogP contribution in [0.5, 0.6) is 0 Å². The van der Waals surface area contributed by atoms with Crippen LogP contribution in [0.3, 0.4) is 0 Å². The van der Waals surface area contributed by atoms with Crippen molar-refractivity contribution in [1.82, 2.24) is 5.01 Å². The SMILES string of the molecule is CCN(C)c1ccc(Cl)cc1/C(C)=N\N1CCCCC1. The van der Waals surface area contributed by atoms with Crippen molar-refractivity contribution in [1.29, 1.82) is 0 Å². The second-order valence-corrected chi connectivity index (χ2v) is 5.81. The van der Waals surface area contributed by atoms with Crippen molar-refractivity contribution in [3.05, 3.63) is 28.8 Å². The second kappa shape index (κ2) is 6.98. The van der Waals surface area contributed by atoms with E-state index in [9.17, 15) is 0 Å². The average molecular weight is 294 g/mol. The number of hydrogen-bond acceptors (Lipinski definition) is 3. The van der Waals surface area contributed by atoms with Crippen LogP contribution in [-0.4, -0.2) is 37.4 Å². The molecule has 0 unspecified atom stereocenters. The van der Waals surface area contributed by atoms with Crippen molar-refractivity contribution in [2.45, 2.75) is 33.1 Å². The van der Waals surface area contributed by atoms with Gasteiger partial charge in [-0.1, -0.05) is 11.6 Å². The fraction of sp³-hybridized carbons (Fsp3) is 0.562. The molecule has 1 fully saturated rings. The molecule has 1 aromatic carbocycles. The number of hydrazone groups is 1. The Kier molecular flexibility index (Phi) is 5.30. The predicted molar refractivity (Wildman–Crippen MR) is 88.0 cm³/mol. The molecule has 0 amide bonds. The molecule has 3 nitrogen and oxygen atoms in total. The molecule has 1 saturated heterocycles. The van der Waals surface area contributed by atoms with E-state index in [2.05, 4.69) is 36.9 Å². The zero-order valence-electron chi connectivity index (χ0n) is 12.7. The van der Waals surface area contributed by atoms with Gasteiger partial charge in [-0.2, -0.15) is 5.10 Å². The van der Waals surface area contributed by atoms with E-state index < -0.39 is 0 Å². The number of benzene rings is 1. The summed E-state index contributed by atoms with van der Waals surface area (Å²) >= 11 is 6.16. The third kappa shape index (κ3) is 3.66. The summed E-state index contributed by atoms with van der Waals surface area (Å²) < 4.78 is 0. The summed E-state index contributed by atoms with van der Waals surface area (Å²) in [7, 11) is 2.10. The Bertz CT molecular complexity index is 479. The minimum atomic E-state index is 0.765. The highest BCUT2D eigenvalue weighted by molar-refractivity contribution is 6.31. The van der Waals surface area contributed by atoms with Gasteiger partial charge in [0.15, 0.2) is 0 Å². The monoisotopic (exact) mass is 293 g/mol. The molecule has 0 atom stereocenters. The lowest BCUT2D eigenvalue weighted by molar-refractivity contribution is 0.239. The number of hydrogen-bond donors (Lipinski definition) is 0. The van der Waals surface area contributed by atoms with Gasteiger partial charge in [-0.3, -0.25) is 5.01 Å². The van der Waals surface area contributed by atoms with Gasteiger partial charge < -0.3 is 4.90 Å². The van der Waals surface area contributed by atoms with Gasteiger partial charge in [0.05, 0.1) is 5.71 Å². The molecule has 0 bridgehead atoms. The number of nitrogens with zero attached hydrogens (tertiary/aromatic N) is 3. The maximum Gasteiger partial charge on any atom is 0.0668 e. The van der Waals surface area contributed by atoms with E-state index in [1.165, 1.54) is 24.9 Å². The van der Waals surface area contributed by atoms with Crippen molar-refractivity contribution in [3.8, 4) is 0 Å². The zero-order valence-corrected chi connectivity index (χ0v) is 13.5. The van der Waals surface area contributed by atoms with Gasteiger partial charge in [-0.15, -0.1) is 0 Å². The first-order valence-corrected chi connectivity index (χ1v) is 7.81. The van der Waals surface area contributed by atoms with Crippen LogP contribution in [0.4, 0.5) is 5.69 Å².